The molecule has 0 aliphatic rings. The van der Waals surface area contributed by atoms with Crippen LogP contribution < -0.4 is 5.32 Å². The van der Waals surface area contributed by atoms with Crippen molar-refractivity contribution in [3.8, 4) is 0 Å². The molecule has 122 valence electrons. The molecule has 0 saturated heterocycles. The molecular formula is C18H22N2O3. The van der Waals surface area contributed by atoms with Crippen LogP contribution in [0, 0.1) is 0 Å². The minimum atomic E-state index is -0.632. The molecule has 1 heterocycles. The molecule has 0 bridgehead atoms. The van der Waals surface area contributed by atoms with Crippen molar-refractivity contribution < 1.29 is 14.7 Å². The summed E-state index contributed by atoms with van der Waals surface area (Å²) in [7, 11) is 1.73. The van der Waals surface area contributed by atoms with E-state index in [9.17, 15) is 14.7 Å². The Morgan fingerprint density at radius 2 is 1.91 bits per heavy atom. The summed E-state index contributed by atoms with van der Waals surface area (Å²) in [4.78, 5) is 23.7. The second-order valence-electron chi connectivity index (χ2n) is 5.82. The van der Waals surface area contributed by atoms with Crippen LogP contribution in [0.2, 0.25) is 0 Å². The van der Waals surface area contributed by atoms with Crippen LogP contribution in [0.4, 0.5) is 0 Å². The summed E-state index contributed by atoms with van der Waals surface area (Å²) in [5.41, 5.74) is 1.76. The SMILES string of the molecule is CC(=O)c1cc(C(=O)NC(C)CC(O)c2ccccc2)n(C)c1. The lowest BCUT2D eigenvalue weighted by atomic mass is 10.0. The Kier molecular flexibility index (Phi) is 5.34. The van der Waals surface area contributed by atoms with Gasteiger partial charge in [0.15, 0.2) is 5.78 Å². The molecule has 2 unspecified atom stereocenters. The molecule has 1 aromatic heterocycles. The maximum atomic E-state index is 12.3. The predicted octanol–water partition coefficient (Wildman–Crippen LogP) is 2.47. The van der Waals surface area contributed by atoms with Gasteiger partial charge in [0.2, 0.25) is 0 Å². The number of rotatable bonds is 6. The van der Waals surface area contributed by atoms with Crippen LogP contribution in [0.15, 0.2) is 42.6 Å². The van der Waals surface area contributed by atoms with Gasteiger partial charge in [-0.25, -0.2) is 0 Å². The third kappa shape index (κ3) is 4.29. The first-order valence-electron chi connectivity index (χ1n) is 7.59. The van der Waals surface area contributed by atoms with Gasteiger partial charge in [0.05, 0.1) is 6.10 Å². The number of aliphatic hydroxyl groups excluding tert-OH is 1. The fraction of sp³-hybridized carbons (Fsp3) is 0.333. The maximum absolute atomic E-state index is 12.3. The van der Waals surface area contributed by atoms with Crippen molar-refractivity contribution in [2.24, 2.45) is 7.05 Å². The highest BCUT2D eigenvalue weighted by molar-refractivity contribution is 5.99. The van der Waals surface area contributed by atoms with Crippen molar-refractivity contribution in [2.75, 3.05) is 0 Å². The van der Waals surface area contributed by atoms with Crippen LogP contribution in [-0.2, 0) is 7.05 Å². The number of benzene rings is 1. The molecule has 2 N–H and O–H groups in total. The van der Waals surface area contributed by atoms with Gasteiger partial charge in [-0.2, -0.15) is 0 Å². The summed E-state index contributed by atoms with van der Waals surface area (Å²) in [5.74, 6) is -0.333. The number of nitrogens with zero attached hydrogens (tertiary/aromatic N) is 1. The van der Waals surface area contributed by atoms with E-state index in [1.165, 1.54) is 6.92 Å². The van der Waals surface area contributed by atoms with E-state index in [0.29, 0.717) is 17.7 Å². The van der Waals surface area contributed by atoms with E-state index < -0.39 is 6.10 Å². The summed E-state index contributed by atoms with van der Waals surface area (Å²) in [6.07, 6.45) is 1.42. The number of Topliss-reactive ketones (excluding diaryl/α,β-unsaturated/α-hetero) is 1. The van der Waals surface area contributed by atoms with Crippen molar-refractivity contribution in [2.45, 2.75) is 32.4 Å². The van der Waals surface area contributed by atoms with Gasteiger partial charge in [-0.05, 0) is 31.9 Å². The van der Waals surface area contributed by atoms with Crippen LogP contribution in [0.5, 0.6) is 0 Å². The minimum absolute atomic E-state index is 0.0767. The third-order valence-electron chi connectivity index (χ3n) is 3.78. The van der Waals surface area contributed by atoms with Crippen LogP contribution in [0.25, 0.3) is 0 Å². The molecule has 0 aliphatic heterocycles. The molecular weight excluding hydrogens is 292 g/mol. The Balaban J connectivity index is 1.98. The normalized spacial score (nSPS) is 13.4. The molecule has 0 fully saturated rings. The Morgan fingerprint density at radius 1 is 1.26 bits per heavy atom. The fourth-order valence-corrected chi connectivity index (χ4v) is 2.49. The van der Waals surface area contributed by atoms with Gasteiger partial charge in [0.1, 0.15) is 5.69 Å². The number of hydrogen-bond acceptors (Lipinski definition) is 3. The smallest absolute Gasteiger partial charge is 0.268 e. The molecule has 5 heteroatoms. The van der Waals surface area contributed by atoms with E-state index in [1.54, 1.807) is 23.9 Å². The zero-order valence-corrected chi connectivity index (χ0v) is 13.6. The summed E-state index contributed by atoms with van der Waals surface area (Å²) >= 11 is 0. The largest absolute Gasteiger partial charge is 0.388 e. The number of nitrogens with one attached hydrogen (secondary N) is 1. The second kappa shape index (κ2) is 7.24. The minimum Gasteiger partial charge on any atom is -0.388 e. The Hall–Kier alpha value is -2.40. The van der Waals surface area contributed by atoms with Gasteiger partial charge in [0.25, 0.3) is 5.91 Å². The number of aromatic nitrogens is 1. The van der Waals surface area contributed by atoms with E-state index in [-0.39, 0.29) is 17.7 Å². The van der Waals surface area contributed by atoms with Crippen LogP contribution in [0.3, 0.4) is 0 Å². The topological polar surface area (TPSA) is 71.3 Å². The molecule has 1 amide bonds. The molecule has 2 rings (SSSR count). The fourth-order valence-electron chi connectivity index (χ4n) is 2.49. The average molecular weight is 314 g/mol. The van der Waals surface area contributed by atoms with Gasteiger partial charge in [-0.1, -0.05) is 30.3 Å². The lowest BCUT2D eigenvalue weighted by Crippen LogP contribution is -2.34. The van der Waals surface area contributed by atoms with E-state index in [1.807, 2.05) is 37.3 Å². The first-order chi connectivity index (χ1) is 10.9. The molecule has 2 atom stereocenters. The standard InChI is InChI=1S/C18H22N2O3/c1-12(9-17(22)14-7-5-4-6-8-14)19-18(23)16-10-15(13(2)21)11-20(16)3/h4-8,10-12,17,22H,9H2,1-3H3,(H,19,23). The van der Waals surface area contributed by atoms with Crippen molar-refractivity contribution >= 4 is 11.7 Å². The van der Waals surface area contributed by atoms with Gasteiger partial charge in [-0.15, -0.1) is 0 Å². The van der Waals surface area contributed by atoms with Gasteiger partial charge in [-0.3, -0.25) is 9.59 Å². The van der Waals surface area contributed by atoms with E-state index in [2.05, 4.69) is 5.32 Å². The molecule has 23 heavy (non-hydrogen) atoms. The Bertz CT molecular complexity index is 692. The van der Waals surface area contributed by atoms with Crippen molar-refractivity contribution in [1.82, 2.24) is 9.88 Å². The Morgan fingerprint density at radius 3 is 2.48 bits per heavy atom. The van der Waals surface area contributed by atoms with Crippen LogP contribution in [0.1, 0.15) is 52.8 Å². The molecule has 0 radical (unpaired) electrons. The highest BCUT2D eigenvalue weighted by Gasteiger charge is 2.18. The van der Waals surface area contributed by atoms with Crippen molar-refractivity contribution in [3.63, 3.8) is 0 Å². The highest BCUT2D eigenvalue weighted by Crippen LogP contribution is 2.18. The average Bonchev–Trinajstić information content (AvgIpc) is 2.90. The Labute approximate surface area is 135 Å². The zero-order valence-electron chi connectivity index (χ0n) is 13.6. The zero-order chi connectivity index (χ0) is 17.0. The van der Waals surface area contributed by atoms with Crippen molar-refractivity contribution in [3.05, 3.63) is 59.4 Å². The number of aliphatic hydroxyl groups is 1. The van der Waals surface area contributed by atoms with E-state index >= 15 is 0 Å². The molecule has 2 aromatic rings. The first-order valence-corrected chi connectivity index (χ1v) is 7.59. The number of ketones is 1. The number of carbonyl (C=O) groups excluding carboxylic acids is 2. The summed E-state index contributed by atoms with van der Waals surface area (Å²) < 4.78 is 1.63. The van der Waals surface area contributed by atoms with Crippen LogP contribution >= 0.6 is 0 Å². The van der Waals surface area contributed by atoms with E-state index in [4.69, 9.17) is 0 Å². The molecule has 0 saturated carbocycles. The molecule has 1 aromatic carbocycles. The number of amides is 1. The predicted molar refractivity (Wildman–Crippen MR) is 88.4 cm³/mol. The first kappa shape index (κ1) is 17.0. The monoisotopic (exact) mass is 314 g/mol. The van der Waals surface area contributed by atoms with E-state index in [0.717, 1.165) is 5.56 Å². The number of carbonyl (C=O) groups is 2. The summed E-state index contributed by atoms with van der Waals surface area (Å²) in [6, 6.07) is 10.7. The number of hydrogen-bond donors (Lipinski definition) is 2. The molecule has 0 spiro atoms. The summed E-state index contributed by atoms with van der Waals surface area (Å²) in [5, 5.41) is 13.1. The lowest BCUT2D eigenvalue weighted by molar-refractivity contribution is 0.0908. The highest BCUT2D eigenvalue weighted by atomic mass is 16.3. The van der Waals surface area contributed by atoms with Gasteiger partial charge < -0.3 is 15.0 Å². The number of aryl methyl sites for hydroxylation is 1. The second-order valence-corrected chi connectivity index (χ2v) is 5.82. The molecule has 5 nitrogen and oxygen atoms in total. The molecule has 0 aliphatic carbocycles. The quantitative estimate of drug-likeness (QED) is 0.805. The maximum Gasteiger partial charge on any atom is 0.268 e. The third-order valence-corrected chi connectivity index (χ3v) is 3.78. The van der Waals surface area contributed by atoms with Gasteiger partial charge >= 0.3 is 0 Å². The van der Waals surface area contributed by atoms with Crippen molar-refractivity contribution in [1.29, 1.82) is 0 Å². The lowest BCUT2D eigenvalue weighted by Gasteiger charge is -2.18. The summed E-state index contributed by atoms with van der Waals surface area (Å²) in [6.45, 7) is 3.31. The van der Waals surface area contributed by atoms with Gasteiger partial charge in [0, 0.05) is 24.8 Å². The van der Waals surface area contributed by atoms with Crippen LogP contribution in [-0.4, -0.2) is 27.4 Å².